The lowest BCUT2D eigenvalue weighted by molar-refractivity contribution is -0.0530. The molecule has 0 bridgehead atoms. The van der Waals surface area contributed by atoms with Gasteiger partial charge in [-0.15, -0.1) is 5.10 Å². The van der Waals surface area contributed by atoms with Gasteiger partial charge in [-0.3, -0.25) is 0 Å². The fourth-order valence-electron chi connectivity index (χ4n) is 1.49. The molecule has 1 aromatic carbocycles. The first-order chi connectivity index (χ1) is 8.47. The number of alkyl halides is 2. The van der Waals surface area contributed by atoms with Crippen molar-refractivity contribution in [2.24, 2.45) is 0 Å². The van der Waals surface area contributed by atoms with E-state index in [0.29, 0.717) is 5.69 Å². The highest BCUT2D eigenvalue weighted by Crippen LogP contribution is 2.22. The highest BCUT2D eigenvalue weighted by Gasteiger charge is 2.13. The van der Waals surface area contributed by atoms with Crippen molar-refractivity contribution in [3.8, 4) is 11.6 Å². The molecule has 0 saturated carbocycles. The molecule has 0 spiro atoms. The molecular weight excluding hydrogens is 269 g/mol. The van der Waals surface area contributed by atoms with Gasteiger partial charge in [-0.2, -0.15) is 8.78 Å². The maximum Gasteiger partial charge on any atom is 0.388 e. The Kier molecular flexibility index (Phi) is 3.47. The molecule has 0 aliphatic heterocycles. The minimum Gasteiger partial charge on any atom is -0.415 e. The summed E-state index contributed by atoms with van der Waals surface area (Å²) in [6.07, 6.45) is 0. The summed E-state index contributed by atoms with van der Waals surface area (Å²) in [6, 6.07) is 5.30. The van der Waals surface area contributed by atoms with Gasteiger partial charge >= 0.3 is 6.61 Å². The van der Waals surface area contributed by atoms with Crippen LogP contribution in [-0.2, 0) is 0 Å². The van der Waals surface area contributed by atoms with Crippen molar-refractivity contribution in [3.05, 3.63) is 40.8 Å². The number of nitrogens with zero attached hydrogens (tertiary/aromatic N) is 2. The number of halogens is 4. The van der Waals surface area contributed by atoms with Crippen LogP contribution in [0.5, 0.6) is 5.88 Å². The molecule has 1 heterocycles. The van der Waals surface area contributed by atoms with Gasteiger partial charge in [-0.05, 0) is 25.1 Å². The maximum absolute atomic E-state index is 13.7. The van der Waals surface area contributed by atoms with Gasteiger partial charge in [0.2, 0.25) is 5.88 Å². The predicted molar refractivity (Wildman–Crippen MR) is 59.9 cm³/mol. The second kappa shape index (κ2) is 4.89. The van der Waals surface area contributed by atoms with Crippen molar-refractivity contribution in [2.45, 2.75) is 13.5 Å². The van der Waals surface area contributed by atoms with E-state index >= 15 is 0 Å². The van der Waals surface area contributed by atoms with E-state index in [1.54, 1.807) is 6.92 Å². The average Bonchev–Trinajstić information content (AvgIpc) is 2.58. The highest BCUT2D eigenvalue weighted by molar-refractivity contribution is 6.30. The molecule has 2 aromatic rings. The summed E-state index contributed by atoms with van der Waals surface area (Å²) in [7, 11) is 0. The molecule has 0 fully saturated rings. The van der Waals surface area contributed by atoms with Crippen molar-refractivity contribution in [1.29, 1.82) is 0 Å². The Hall–Kier alpha value is -1.69. The molecule has 0 aliphatic rings. The second-order valence-electron chi connectivity index (χ2n) is 3.51. The average molecular weight is 277 g/mol. The first-order valence-electron chi connectivity index (χ1n) is 4.94. The lowest BCUT2D eigenvalue weighted by Crippen LogP contribution is -2.05. The quantitative estimate of drug-likeness (QED) is 0.857. The molecule has 2 rings (SSSR count). The fraction of sp³-hybridized carbons (Fsp3) is 0.182. The van der Waals surface area contributed by atoms with Crippen LogP contribution in [0.4, 0.5) is 13.2 Å². The Bertz CT molecular complexity index is 571. The van der Waals surface area contributed by atoms with Crippen molar-refractivity contribution in [1.82, 2.24) is 9.78 Å². The van der Waals surface area contributed by atoms with Crippen LogP contribution in [0.15, 0.2) is 24.3 Å². The first kappa shape index (κ1) is 12.8. The van der Waals surface area contributed by atoms with Gasteiger partial charge in [0.05, 0.1) is 0 Å². The third-order valence-electron chi connectivity index (χ3n) is 2.21. The number of hydrogen-bond acceptors (Lipinski definition) is 2. The van der Waals surface area contributed by atoms with Crippen LogP contribution in [0.25, 0.3) is 5.69 Å². The third-order valence-corrected chi connectivity index (χ3v) is 2.45. The standard InChI is InChI=1S/C11H8ClF3N2O/c1-6-4-10(18-11(14)15)16-17(6)9-3-2-7(12)5-8(9)13/h2-5,11H,1H3. The van der Waals surface area contributed by atoms with E-state index in [0.717, 1.165) is 6.07 Å². The van der Waals surface area contributed by atoms with Crippen molar-refractivity contribution < 1.29 is 17.9 Å². The van der Waals surface area contributed by atoms with Crippen LogP contribution in [0.1, 0.15) is 5.69 Å². The van der Waals surface area contributed by atoms with Crippen LogP contribution in [0.3, 0.4) is 0 Å². The molecule has 0 radical (unpaired) electrons. The Morgan fingerprint density at radius 3 is 2.67 bits per heavy atom. The SMILES string of the molecule is Cc1cc(OC(F)F)nn1-c1ccc(Cl)cc1F. The monoisotopic (exact) mass is 276 g/mol. The molecular formula is C11H8ClF3N2O. The van der Waals surface area contributed by atoms with Crippen LogP contribution < -0.4 is 4.74 Å². The van der Waals surface area contributed by atoms with Gasteiger partial charge in [0.25, 0.3) is 0 Å². The summed E-state index contributed by atoms with van der Waals surface area (Å²) < 4.78 is 43.0. The number of aromatic nitrogens is 2. The second-order valence-corrected chi connectivity index (χ2v) is 3.95. The van der Waals surface area contributed by atoms with Gasteiger partial charge < -0.3 is 4.74 Å². The molecule has 3 nitrogen and oxygen atoms in total. The summed E-state index contributed by atoms with van der Waals surface area (Å²) in [4.78, 5) is 0. The maximum atomic E-state index is 13.7. The number of aryl methyl sites for hydroxylation is 1. The molecule has 0 atom stereocenters. The molecule has 0 aliphatic carbocycles. The fourth-order valence-corrected chi connectivity index (χ4v) is 1.65. The van der Waals surface area contributed by atoms with Crippen LogP contribution >= 0.6 is 11.6 Å². The molecule has 0 saturated heterocycles. The Labute approximate surface area is 106 Å². The topological polar surface area (TPSA) is 27.1 Å². The van der Waals surface area contributed by atoms with E-state index in [4.69, 9.17) is 11.6 Å². The van der Waals surface area contributed by atoms with Gasteiger partial charge in [0.15, 0.2) is 0 Å². The van der Waals surface area contributed by atoms with Crippen molar-refractivity contribution >= 4 is 11.6 Å². The lowest BCUT2D eigenvalue weighted by atomic mass is 10.3. The van der Waals surface area contributed by atoms with Crippen molar-refractivity contribution in [2.75, 3.05) is 0 Å². The minimum absolute atomic E-state index is 0.112. The summed E-state index contributed by atoms with van der Waals surface area (Å²) in [5.74, 6) is -0.867. The molecule has 0 amide bonds. The number of ether oxygens (including phenoxy) is 1. The molecule has 7 heteroatoms. The smallest absolute Gasteiger partial charge is 0.388 e. The predicted octanol–water partition coefficient (Wildman–Crippen LogP) is 3.57. The van der Waals surface area contributed by atoms with Crippen LogP contribution in [0.2, 0.25) is 5.02 Å². The number of rotatable bonds is 3. The molecule has 96 valence electrons. The normalized spacial score (nSPS) is 11.0. The summed E-state index contributed by atoms with van der Waals surface area (Å²) in [6.45, 7) is -1.37. The van der Waals surface area contributed by atoms with Gasteiger partial charge in [0.1, 0.15) is 11.5 Å². The van der Waals surface area contributed by atoms with E-state index < -0.39 is 12.4 Å². The third kappa shape index (κ3) is 2.59. The Balaban J connectivity index is 2.41. The summed E-state index contributed by atoms with van der Waals surface area (Å²) in [5.41, 5.74) is 0.577. The zero-order chi connectivity index (χ0) is 13.3. The molecule has 18 heavy (non-hydrogen) atoms. The first-order valence-corrected chi connectivity index (χ1v) is 5.32. The van der Waals surface area contributed by atoms with Crippen LogP contribution in [0, 0.1) is 12.7 Å². The Morgan fingerprint density at radius 1 is 1.33 bits per heavy atom. The van der Waals surface area contributed by atoms with E-state index in [1.807, 2.05) is 0 Å². The summed E-state index contributed by atoms with van der Waals surface area (Å²) >= 11 is 5.62. The van der Waals surface area contributed by atoms with Crippen LogP contribution in [-0.4, -0.2) is 16.4 Å². The van der Waals surface area contributed by atoms with Gasteiger partial charge in [0, 0.05) is 16.8 Å². The minimum atomic E-state index is -2.97. The van der Waals surface area contributed by atoms with E-state index in [1.165, 1.54) is 22.9 Å². The zero-order valence-corrected chi connectivity index (χ0v) is 9.96. The lowest BCUT2D eigenvalue weighted by Gasteiger charge is -2.05. The van der Waals surface area contributed by atoms with E-state index in [2.05, 4.69) is 9.84 Å². The Morgan fingerprint density at radius 2 is 2.06 bits per heavy atom. The van der Waals surface area contributed by atoms with Gasteiger partial charge in [-0.25, -0.2) is 9.07 Å². The van der Waals surface area contributed by atoms with Gasteiger partial charge in [-0.1, -0.05) is 11.6 Å². The zero-order valence-electron chi connectivity index (χ0n) is 9.20. The highest BCUT2D eigenvalue weighted by atomic mass is 35.5. The number of hydrogen-bond donors (Lipinski definition) is 0. The number of benzene rings is 1. The summed E-state index contributed by atoms with van der Waals surface area (Å²) in [5, 5.41) is 3.98. The van der Waals surface area contributed by atoms with E-state index in [-0.39, 0.29) is 16.6 Å². The largest absolute Gasteiger partial charge is 0.415 e. The molecule has 0 unspecified atom stereocenters. The molecule has 1 aromatic heterocycles. The molecule has 0 N–H and O–H groups in total. The van der Waals surface area contributed by atoms with Crippen molar-refractivity contribution in [3.63, 3.8) is 0 Å². The van der Waals surface area contributed by atoms with E-state index in [9.17, 15) is 13.2 Å².